The Labute approximate surface area is 65.9 Å². The first-order chi connectivity index (χ1) is 3.92. The second-order valence-corrected chi connectivity index (χ2v) is 3.55. The van der Waals surface area contributed by atoms with Gasteiger partial charge in [0.25, 0.3) is 0 Å². The minimum absolute atomic E-state index is 0.0611. The van der Waals surface area contributed by atoms with Crippen LogP contribution >= 0.6 is 0 Å². The van der Waals surface area contributed by atoms with Gasteiger partial charge < -0.3 is 0 Å². The van der Waals surface area contributed by atoms with E-state index in [4.69, 9.17) is 0 Å². The molecule has 0 aliphatic carbocycles. The van der Waals surface area contributed by atoms with Crippen molar-refractivity contribution in [1.82, 2.24) is 0 Å². The second-order valence-electron chi connectivity index (χ2n) is 2.76. The van der Waals surface area contributed by atoms with Gasteiger partial charge in [-0.05, 0) is 0 Å². The molecule has 0 bridgehead atoms. The van der Waals surface area contributed by atoms with E-state index in [1.165, 1.54) is 0 Å². The Bertz CT molecular complexity index is 166. The average molecular weight is 210 g/mol. The summed E-state index contributed by atoms with van der Waals surface area (Å²) in [5.41, 5.74) is -0.0611. The van der Waals surface area contributed by atoms with Crippen LogP contribution in [-0.4, -0.2) is 4.38 Å². The number of carbonyl (C=O) groups excluding carboxylic acids is 1. The molecule has 0 aromatic heterocycles. The molecule has 0 saturated heterocycles. The van der Waals surface area contributed by atoms with Crippen LogP contribution in [0.4, 0.5) is 0 Å². The standard InChI is InChI=1S/C7H9O.Ru/c1-7(2,3)5-4-6-8;/h1-3H3;. The molecule has 0 amide bonds. The fraction of sp³-hybridized carbons (Fsp3) is 0.571. The van der Waals surface area contributed by atoms with Crippen LogP contribution in [0.1, 0.15) is 20.8 Å². The predicted octanol–water partition coefficient (Wildman–Crippen LogP) is 1.11. The maximum absolute atomic E-state index is 10.3. The van der Waals surface area contributed by atoms with Gasteiger partial charge in [-0.2, -0.15) is 0 Å². The predicted molar refractivity (Wildman–Crippen MR) is 32.2 cm³/mol. The quantitative estimate of drug-likeness (QED) is 0.432. The molecule has 0 saturated carbocycles. The zero-order valence-corrected chi connectivity index (χ0v) is 7.50. The van der Waals surface area contributed by atoms with Crippen LogP contribution in [0, 0.1) is 17.3 Å². The van der Waals surface area contributed by atoms with Crippen molar-refractivity contribution in [1.29, 1.82) is 0 Å². The zero-order chi connectivity index (χ0) is 7.49. The summed E-state index contributed by atoms with van der Waals surface area (Å²) in [5, 5.41) is 0. The molecule has 0 spiro atoms. The monoisotopic (exact) mass is 211 g/mol. The van der Waals surface area contributed by atoms with Gasteiger partial charge in [0, 0.05) is 0 Å². The fourth-order valence-corrected chi connectivity index (χ4v) is 0.344. The van der Waals surface area contributed by atoms with Gasteiger partial charge in [-0.15, -0.1) is 0 Å². The van der Waals surface area contributed by atoms with Crippen LogP contribution < -0.4 is 0 Å². The van der Waals surface area contributed by atoms with Gasteiger partial charge in [0.2, 0.25) is 0 Å². The Morgan fingerprint density at radius 1 is 1.44 bits per heavy atom. The molecule has 1 nitrogen and oxygen atoms in total. The first-order valence-electron chi connectivity index (χ1n) is 2.63. The summed E-state index contributed by atoms with van der Waals surface area (Å²) in [6.07, 6.45) is 0. The minimum atomic E-state index is -0.135. The van der Waals surface area contributed by atoms with Gasteiger partial charge in [-0.3, -0.25) is 0 Å². The van der Waals surface area contributed by atoms with Crippen molar-refractivity contribution in [2.24, 2.45) is 5.41 Å². The van der Waals surface area contributed by atoms with Gasteiger partial charge in [0.05, 0.1) is 0 Å². The summed E-state index contributed by atoms with van der Waals surface area (Å²) >= 11 is 1.94. The summed E-state index contributed by atoms with van der Waals surface area (Å²) in [6, 6.07) is 0. The summed E-state index contributed by atoms with van der Waals surface area (Å²) in [4.78, 5) is 10.3. The number of hydrogen-bond donors (Lipinski definition) is 0. The molecule has 9 heavy (non-hydrogen) atoms. The fourth-order valence-electron chi connectivity index (χ4n) is 0.235. The summed E-state index contributed by atoms with van der Waals surface area (Å²) < 4.78 is -0.135. The molecule has 0 unspecified atom stereocenters. The Hall–Kier alpha value is -0.147. The summed E-state index contributed by atoms with van der Waals surface area (Å²) in [5.74, 6) is 5.27. The third-order valence-electron chi connectivity index (χ3n) is 0.533. The summed E-state index contributed by atoms with van der Waals surface area (Å²) in [6.45, 7) is 5.90. The van der Waals surface area contributed by atoms with Crippen LogP contribution in [0.15, 0.2) is 0 Å². The first kappa shape index (κ1) is 8.85. The Morgan fingerprint density at radius 2 is 1.89 bits per heavy atom. The topological polar surface area (TPSA) is 17.1 Å². The molecule has 0 radical (unpaired) electrons. The molecule has 0 aliphatic rings. The van der Waals surface area contributed by atoms with E-state index in [1.54, 1.807) is 0 Å². The Kier molecular flexibility index (Phi) is 3.08. The van der Waals surface area contributed by atoms with Crippen LogP contribution in [0.3, 0.4) is 0 Å². The maximum atomic E-state index is 10.3. The first-order valence-corrected chi connectivity index (χ1v) is 3.50. The van der Waals surface area contributed by atoms with Crippen molar-refractivity contribution < 1.29 is 23.1 Å². The number of hydrogen-bond acceptors (Lipinski definition) is 1. The van der Waals surface area contributed by atoms with Crippen molar-refractivity contribution in [3.05, 3.63) is 0 Å². The van der Waals surface area contributed by atoms with Gasteiger partial charge in [-0.25, -0.2) is 0 Å². The zero-order valence-electron chi connectivity index (χ0n) is 5.76. The molecule has 0 rings (SSSR count). The SMILES string of the molecule is CC(C)(C)C#C[C](=O)[Ru]. The van der Waals surface area contributed by atoms with Crippen LogP contribution in [0.2, 0.25) is 0 Å². The molecular formula is C7H9ORu. The molecule has 0 atom stereocenters. The van der Waals surface area contributed by atoms with Gasteiger partial charge in [-0.1, -0.05) is 0 Å². The van der Waals surface area contributed by atoms with Crippen molar-refractivity contribution in [2.75, 3.05) is 0 Å². The molecule has 0 aromatic carbocycles. The number of carbonyl (C=O) groups is 1. The molecule has 51 valence electrons. The van der Waals surface area contributed by atoms with E-state index >= 15 is 0 Å². The van der Waals surface area contributed by atoms with E-state index in [9.17, 15) is 4.79 Å². The Morgan fingerprint density at radius 3 is 2.00 bits per heavy atom. The normalized spacial score (nSPS) is 9.78. The molecule has 0 aliphatic heterocycles. The van der Waals surface area contributed by atoms with Gasteiger partial charge in [0.15, 0.2) is 0 Å². The van der Waals surface area contributed by atoms with Crippen molar-refractivity contribution in [2.45, 2.75) is 20.8 Å². The third-order valence-corrected chi connectivity index (χ3v) is 0.750. The van der Waals surface area contributed by atoms with Crippen molar-refractivity contribution in [3.8, 4) is 11.8 Å². The number of rotatable bonds is 0. The Balaban J connectivity index is 4.04. The van der Waals surface area contributed by atoms with E-state index in [0.29, 0.717) is 0 Å². The van der Waals surface area contributed by atoms with E-state index in [2.05, 4.69) is 11.8 Å². The van der Waals surface area contributed by atoms with Crippen LogP contribution in [-0.2, 0) is 23.1 Å². The van der Waals surface area contributed by atoms with Gasteiger partial charge >= 0.3 is 65.5 Å². The molecule has 0 fully saturated rings. The molecule has 0 aromatic rings. The second kappa shape index (κ2) is 3.13. The van der Waals surface area contributed by atoms with Crippen LogP contribution in [0.25, 0.3) is 0 Å². The van der Waals surface area contributed by atoms with Gasteiger partial charge in [0.1, 0.15) is 0 Å². The van der Waals surface area contributed by atoms with E-state index in [0.717, 1.165) is 0 Å². The van der Waals surface area contributed by atoms with E-state index in [1.807, 2.05) is 39.1 Å². The molecule has 0 heterocycles. The third kappa shape index (κ3) is 7.85. The molecule has 2 heteroatoms. The van der Waals surface area contributed by atoms with E-state index in [-0.39, 0.29) is 9.79 Å². The molecular weight excluding hydrogens is 201 g/mol. The van der Waals surface area contributed by atoms with E-state index < -0.39 is 0 Å². The van der Waals surface area contributed by atoms with Crippen LogP contribution in [0.5, 0.6) is 0 Å². The average Bonchev–Trinajstić information content (AvgIpc) is 1.59. The van der Waals surface area contributed by atoms with Crippen molar-refractivity contribution in [3.63, 3.8) is 0 Å². The molecule has 0 N–H and O–H groups in total. The van der Waals surface area contributed by atoms with Crippen molar-refractivity contribution >= 4 is 4.38 Å². The summed E-state index contributed by atoms with van der Waals surface area (Å²) in [7, 11) is 0.